The quantitative estimate of drug-likeness (QED) is 0.661. The van der Waals surface area contributed by atoms with Gasteiger partial charge in [-0.1, -0.05) is 0 Å². The number of benzene rings is 1. The Balaban J connectivity index is 1.99. The van der Waals surface area contributed by atoms with Crippen molar-refractivity contribution in [2.75, 3.05) is 31.1 Å². The summed E-state index contributed by atoms with van der Waals surface area (Å²) in [5.41, 5.74) is -0.0695. The average Bonchev–Trinajstić information content (AvgIpc) is 2.54. The van der Waals surface area contributed by atoms with Crippen molar-refractivity contribution in [2.45, 2.75) is 6.18 Å². The van der Waals surface area contributed by atoms with E-state index in [1.807, 2.05) is 4.90 Å². The maximum Gasteiger partial charge on any atom is 0.491 e. The van der Waals surface area contributed by atoms with Crippen molar-refractivity contribution in [1.82, 2.24) is 5.32 Å². The number of hydrogen-bond acceptors (Lipinski definition) is 6. The van der Waals surface area contributed by atoms with Crippen LogP contribution in [0.5, 0.6) is 5.75 Å². The minimum absolute atomic E-state index is 0.0588. The predicted octanol–water partition coefficient (Wildman–Crippen LogP) is 1.67. The Hall–Kier alpha value is -2.55. The van der Waals surface area contributed by atoms with E-state index in [0.717, 1.165) is 37.9 Å². The fraction of sp³-hybridized carbons (Fsp3) is 0.333. The van der Waals surface area contributed by atoms with E-state index in [1.54, 1.807) is 12.1 Å². The molecule has 0 saturated carbocycles. The summed E-state index contributed by atoms with van der Waals surface area (Å²) in [5.74, 6) is -2.86. The van der Waals surface area contributed by atoms with Gasteiger partial charge in [0.15, 0.2) is 0 Å². The number of halogens is 3. The predicted molar refractivity (Wildman–Crippen MR) is 79.3 cm³/mol. The van der Waals surface area contributed by atoms with Gasteiger partial charge >= 0.3 is 17.8 Å². The first-order chi connectivity index (χ1) is 11.3. The zero-order chi connectivity index (χ0) is 17.3. The standard InChI is InChI=1S/C15H13F3N2O4/c16-15(17,18)14(22)24-12-8-13(21)23-11-7-9(1-2-10(11)12)20-5-3-19-4-6-20/h1-2,7-8,19H,3-6H2. The molecule has 2 aromatic rings. The number of nitrogens with zero attached hydrogens (tertiary/aromatic N) is 1. The van der Waals surface area contributed by atoms with E-state index in [9.17, 15) is 22.8 Å². The van der Waals surface area contributed by atoms with E-state index >= 15 is 0 Å². The molecule has 1 N–H and O–H groups in total. The van der Waals surface area contributed by atoms with Gasteiger partial charge in [-0.25, -0.2) is 9.59 Å². The van der Waals surface area contributed by atoms with Gasteiger partial charge in [-0.05, 0) is 12.1 Å². The van der Waals surface area contributed by atoms with E-state index in [-0.39, 0.29) is 11.0 Å². The Morgan fingerprint density at radius 3 is 2.58 bits per heavy atom. The molecule has 0 amide bonds. The molecule has 1 aromatic carbocycles. The summed E-state index contributed by atoms with van der Waals surface area (Å²) in [6, 6.07) is 5.41. The van der Waals surface area contributed by atoms with E-state index in [2.05, 4.69) is 10.1 Å². The monoisotopic (exact) mass is 342 g/mol. The third kappa shape index (κ3) is 3.35. The van der Waals surface area contributed by atoms with Crippen molar-refractivity contribution in [3.8, 4) is 5.75 Å². The lowest BCUT2D eigenvalue weighted by Crippen LogP contribution is -2.43. The molecule has 2 heterocycles. The first-order valence-electron chi connectivity index (χ1n) is 7.17. The van der Waals surface area contributed by atoms with Crippen molar-refractivity contribution in [3.63, 3.8) is 0 Å². The lowest BCUT2D eigenvalue weighted by atomic mass is 10.2. The lowest BCUT2D eigenvalue weighted by molar-refractivity contribution is -0.189. The molecule has 1 saturated heterocycles. The van der Waals surface area contributed by atoms with Gasteiger partial charge in [0.05, 0.1) is 11.5 Å². The van der Waals surface area contributed by atoms with Crippen molar-refractivity contribution in [3.05, 3.63) is 34.7 Å². The van der Waals surface area contributed by atoms with E-state index in [4.69, 9.17) is 4.42 Å². The minimum atomic E-state index is -5.15. The molecule has 1 aliphatic rings. The number of ether oxygens (including phenoxy) is 1. The number of nitrogens with one attached hydrogen (secondary N) is 1. The summed E-state index contributed by atoms with van der Waals surface area (Å²) in [6.45, 7) is 3.09. The maximum absolute atomic E-state index is 12.4. The zero-order valence-corrected chi connectivity index (χ0v) is 12.4. The van der Waals surface area contributed by atoms with Gasteiger partial charge < -0.3 is 19.4 Å². The second-order valence-corrected chi connectivity index (χ2v) is 5.23. The second kappa shape index (κ2) is 6.16. The third-order valence-corrected chi connectivity index (χ3v) is 3.61. The van der Waals surface area contributed by atoms with Crippen LogP contribution in [-0.4, -0.2) is 38.3 Å². The van der Waals surface area contributed by atoms with Crippen LogP contribution in [0.2, 0.25) is 0 Å². The van der Waals surface area contributed by atoms with Crippen LogP contribution in [0, 0.1) is 0 Å². The molecule has 128 valence electrons. The van der Waals surface area contributed by atoms with Gasteiger partial charge in [0.1, 0.15) is 11.3 Å². The summed E-state index contributed by atoms with van der Waals surface area (Å²) >= 11 is 0. The van der Waals surface area contributed by atoms with Crippen LogP contribution in [0.3, 0.4) is 0 Å². The van der Waals surface area contributed by atoms with Crippen LogP contribution in [0.4, 0.5) is 18.9 Å². The van der Waals surface area contributed by atoms with Gasteiger partial charge in [0, 0.05) is 37.9 Å². The van der Waals surface area contributed by atoms with Gasteiger partial charge in [0.25, 0.3) is 0 Å². The third-order valence-electron chi connectivity index (χ3n) is 3.61. The number of carbonyl (C=O) groups is 1. The number of carbonyl (C=O) groups excluding carboxylic acids is 1. The molecule has 0 unspecified atom stereocenters. The van der Waals surface area contributed by atoms with E-state index < -0.39 is 23.5 Å². The first-order valence-corrected chi connectivity index (χ1v) is 7.17. The number of anilines is 1. The molecular formula is C15H13F3N2O4. The van der Waals surface area contributed by atoms with Gasteiger partial charge in [-0.15, -0.1) is 0 Å². The SMILES string of the molecule is O=C(Oc1cc(=O)oc2cc(N3CCNCC3)ccc12)C(F)(F)F. The summed E-state index contributed by atoms with van der Waals surface area (Å²) in [5, 5.41) is 3.31. The van der Waals surface area contributed by atoms with Gasteiger partial charge in [0.2, 0.25) is 0 Å². The highest BCUT2D eigenvalue weighted by Crippen LogP contribution is 2.29. The summed E-state index contributed by atoms with van der Waals surface area (Å²) < 4.78 is 46.4. The van der Waals surface area contributed by atoms with Crippen molar-refractivity contribution < 1.29 is 27.1 Å². The first kappa shape index (κ1) is 16.3. The summed E-state index contributed by atoms with van der Waals surface area (Å²) in [7, 11) is 0. The fourth-order valence-corrected chi connectivity index (χ4v) is 2.48. The van der Waals surface area contributed by atoms with Crippen molar-refractivity contribution in [2.24, 2.45) is 0 Å². The minimum Gasteiger partial charge on any atom is -0.422 e. The second-order valence-electron chi connectivity index (χ2n) is 5.23. The molecule has 0 atom stereocenters. The number of rotatable bonds is 2. The molecule has 24 heavy (non-hydrogen) atoms. The van der Waals surface area contributed by atoms with Gasteiger partial charge in [-0.3, -0.25) is 0 Å². The molecule has 1 aromatic heterocycles. The van der Waals surface area contributed by atoms with E-state index in [1.165, 1.54) is 6.07 Å². The average molecular weight is 342 g/mol. The summed E-state index contributed by atoms with van der Waals surface area (Å²) in [6.07, 6.45) is -5.15. The molecular weight excluding hydrogens is 329 g/mol. The van der Waals surface area contributed by atoms with Crippen molar-refractivity contribution in [1.29, 1.82) is 0 Å². The maximum atomic E-state index is 12.4. The highest BCUT2D eigenvalue weighted by molar-refractivity contribution is 5.89. The molecule has 0 spiro atoms. The molecule has 9 heteroatoms. The Labute approximate surface area is 133 Å². The Morgan fingerprint density at radius 2 is 1.92 bits per heavy atom. The fourth-order valence-electron chi connectivity index (χ4n) is 2.48. The molecule has 0 bridgehead atoms. The van der Waals surface area contributed by atoms with Gasteiger partial charge in [-0.2, -0.15) is 13.2 Å². The Bertz CT molecular complexity index is 826. The normalized spacial score (nSPS) is 15.5. The van der Waals surface area contributed by atoms with Crippen LogP contribution in [0.1, 0.15) is 0 Å². The lowest BCUT2D eigenvalue weighted by Gasteiger charge is -2.29. The Morgan fingerprint density at radius 1 is 1.21 bits per heavy atom. The zero-order valence-electron chi connectivity index (χ0n) is 12.4. The van der Waals surface area contributed by atoms with Crippen LogP contribution in [-0.2, 0) is 4.79 Å². The number of hydrogen-bond donors (Lipinski definition) is 1. The molecule has 1 aliphatic heterocycles. The Kier molecular flexibility index (Phi) is 4.18. The largest absolute Gasteiger partial charge is 0.491 e. The molecule has 3 rings (SSSR count). The van der Waals surface area contributed by atoms with Crippen LogP contribution in [0.25, 0.3) is 11.0 Å². The van der Waals surface area contributed by atoms with Crippen LogP contribution < -0.4 is 20.6 Å². The number of piperazine rings is 1. The topological polar surface area (TPSA) is 71.8 Å². The van der Waals surface area contributed by atoms with Crippen LogP contribution in [0.15, 0.2) is 33.5 Å². The molecule has 0 radical (unpaired) electrons. The number of esters is 1. The highest BCUT2D eigenvalue weighted by atomic mass is 19.4. The van der Waals surface area contributed by atoms with Crippen LogP contribution >= 0.6 is 0 Å². The molecule has 6 nitrogen and oxygen atoms in total. The smallest absolute Gasteiger partial charge is 0.422 e. The highest BCUT2D eigenvalue weighted by Gasteiger charge is 2.41. The number of fused-ring (bicyclic) bond motifs is 1. The molecule has 0 aliphatic carbocycles. The van der Waals surface area contributed by atoms with Crippen molar-refractivity contribution >= 4 is 22.6 Å². The number of alkyl halides is 3. The summed E-state index contributed by atoms with van der Waals surface area (Å²) in [4.78, 5) is 24.6. The van der Waals surface area contributed by atoms with E-state index in [0.29, 0.717) is 0 Å². The molecule has 1 fully saturated rings.